The van der Waals surface area contributed by atoms with Gasteiger partial charge in [-0.3, -0.25) is 9.69 Å². The summed E-state index contributed by atoms with van der Waals surface area (Å²) in [6.45, 7) is 5.97. The molecule has 0 bridgehead atoms. The number of nitrogens with zero attached hydrogens (tertiary/aromatic N) is 2. The van der Waals surface area contributed by atoms with Gasteiger partial charge < -0.3 is 15.0 Å². The van der Waals surface area contributed by atoms with Crippen molar-refractivity contribution in [3.8, 4) is 5.75 Å². The summed E-state index contributed by atoms with van der Waals surface area (Å²) < 4.78 is 5.65. The Hall–Kier alpha value is -2.53. The number of benzene rings is 2. The van der Waals surface area contributed by atoms with Crippen molar-refractivity contribution >= 4 is 11.6 Å². The summed E-state index contributed by atoms with van der Waals surface area (Å²) in [4.78, 5) is 17.3. The highest BCUT2D eigenvalue weighted by atomic mass is 16.5. The normalized spacial score (nSPS) is 17.5. The van der Waals surface area contributed by atoms with Gasteiger partial charge in [0, 0.05) is 25.8 Å². The molecule has 0 unspecified atom stereocenters. The highest BCUT2D eigenvalue weighted by Crippen LogP contribution is 2.32. The monoisotopic (exact) mass is 407 g/mol. The highest BCUT2D eigenvalue weighted by Gasteiger charge is 2.25. The number of piperidine rings is 1. The van der Waals surface area contributed by atoms with Gasteiger partial charge in [0.2, 0.25) is 0 Å². The quantitative estimate of drug-likeness (QED) is 0.760. The fourth-order valence-electron chi connectivity index (χ4n) is 4.53. The average Bonchev–Trinajstić information content (AvgIpc) is 3.14. The van der Waals surface area contributed by atoms with E-state index in [4.69, 9.17) is 4.74 Å². The van der Waals surface area contributed by atoms with Crippen LogP contribution in [0.25, 0.3) is 0 Å². The number of amides is 1. The van der Waals surface area contributed by atoms with Crippen molar-refractivity contribution in [1.29, 1.82) is 0 Å². The number of aryl methyl sites for hydroxylation is 1. The lowest BCUT2D eigenvalue weighted by Crippen LogP contribution is -2.41. The Labute approximate surface area is 180 Å². The molecule has 1 saturated heterocycles. The standard InChI is InChI=1S/C25H33N3O2/c1-19-6-9-22(10-7-19)30-18-25(29)26-17-24(28-13-4-3-5-14-28)20-8-11-23-21(16-20)12-15-27(23)2/h6-11,16,24H,3-5,12-15,17-18H2,1-2H3,(H,26,29)/t24-/m1/s1. The van der Waals surface area contributed by atoms with Gasteiger partial charge in [-0.15, -0.1) is 0 Å². The number of hydrogen-bond acceptors (Lipinski definition) is 4. The van der Waals surface area contributed by atoms with Crippen molar-refractivity contribution in [2.24, 2.45) is 0 Å². The molecule has 5 heteroatoms. The average molecular weight is 408 g/mol. The van der Waals surface area contributed by atoms with Gasteiger partial charge in [-0.2, -0.15) is 0 Å². The van der Waals surface area contributed by atoms with Crippen LogP contribution in [-0.4, -0.2) is 50.6 Å². The lowest BCUT2D eigenvalue weighted by Gasteiger charge is -2.35. The second-order valence-corrected chi connectivity index (χ2v) is 8.58. The first-order chi connectivity index (χ1) is 14.6. The SMILES string of the molecule is Cc1ccc(OCC(=O)NC[C@H](c2ccc3c(c2)CCN3C)N2CCCCC2)cc1. The first-order valence-electron chi connectivity index (χ1n) is 11.1. The number of hydrogen-bond donors (Lipinski definition) is 1. The van der Waals surface area contributed by atoms with Crippen LogP contribution in [0.2, 0.25) is 0 Å². The molecule has 0 spiro atoms. The first kappa shape index (κ1) is 20.7. The highest BCUT2D eigenvalue weighted by molar-refractivity contribution is 5.77. The number of carbonyl (C=O) groups excluding carboxylic acids is 1. The predicted octanol–water partition coefficient (Wildman–Crippen LogP) is 3.71. The molecule has 0 radical (unpaired) electrons. The lowest BCUT2D eigenvalue weighted by molar-refractivity contribution is -0.123. The number of fused-ring (bicyclic) bond motifs is 1. The molecular weight excluding hydrogens is 374 g/mol. The van der Waals surface area contributed by atoms with E-state index in [1.807, 2.05) is 31.2 Å². The Morgan fingerprint density at radius 2 is 1.83 bits per heavy atom. The Balaban J connectivity index is 1.40. The molecule has 1 N–H and O–H groups in total. The lowest BCUT2D eigenvalue weighted by atomic mass is 9.98. The molecule has 2 heterocycles. The molecule has 160 valence electrons. The van der Waals surface area contributed by atoms with Crippen LogP contribution < -0.4 is 15.0 Å². The van der Waals surface area contributed by atoms with Crippen molar-refractivity contribution < 1.29 is 9.53 Å². The van der Waals surface area contributed by atoms with Crippen molar-refractivity contribution in [3.05, 3.63) is 59.2 Å². The van der Waals surface area contributed by atoms with Crippen molar-refractivity contribution in [1.82, 2.24) is 10.2 Å². The topological polar surface area (TPSA) is 44.8 Å². The second kappa shape index (κ2) is 9.52. The number of likely N-dealkylation sites (N-methyl/N-ethyl adjacent to an activating group) is 1. The summed E-state index contributed by atoms with van der Waals surface area (Å²) in [6.07, 6.45) is 4.86. The Bertz CT molecular complexity index is 859. The molecule has 1 amide bonds. The van der Waals surface area contributed by atoms with Crippen LogP contribution in [0.4, 0.5) is 5.69 Å². The number of likely N-dealkylation sites (tertiary alicyclic amines) is 1. The van der Waals surface area contributed by atoms with E-state index in [0.29, 0.717) is 6.54 Å². The minimum absolute atomic E-state index is 0.0464. The summed E-state index contributed by atoms with van der Waals surface area (Å²) in [6, 6.07) is 14.8. The number of anilines is 1. The van der Waals surface area contributed by atoms with Gasteiger partial charge >= 0.3 is 0 Å². The zero-order chi connectivity index (χ0) is 20.9. The van der Waals surface area contributed by atoms with Gasteiger partial charge in [0.25, 0.3) is 5.91 Å². The summed E-state index contributed by atoms with van der Waals surface area (Å²) in [5, 5.41) is 3.12. The van der Waals surface area contributed by atoms with Crippen molar-refractivity contribution in [2.75, 3.05) is 44.7 Å². The molecule has 0 aliphatic carbocycles. The van der Waals surface area contributed by atoms with Crippen LogP contribution in [0.1, 0.15) is 42.0 Å². The number of rotatable bonds is 7. The zero-order valence-electron chi connectivity index (χ0n) is 18.2. The van der Waals surface area contributed by atoms with Crippen molar-refractivity contribution in [2.45, 2.75) is 38.6 Å². The van der Waals surface area contributed by atoms with Crippen LogP contribution in [0, 0.1) is 6.92 Å². The fourth-order valence-corrected chi connectivity index (χ4v) is 4.53. The molecule has 2 aliphatic heterocycles. The molecule has 2 aliphatic rings. The molecule has 0 aromatic heterocycles. The Morgan fingerprint density at radius 3 is 2.60 bits per heavy atom. The van der Waals surface area contributed by atoms with E-state index < -0.39 is 0 Å². The maximum absolute atomic E-state index is 12.5. The third-order valence-corrected chi connectivity index (χ3v) is 6.33. The van der Waals surface area contributed by atoms with E-state index in [-0.39, 0.29) is 18.6 Å². The van der Waals surface area contributed by atoms with Gasteiger partial charge in [-0.25, -0.2) is 0 Å². The number of nitrogens with one attached hydrogen (secondary N) is 1. The molecule has 2 aromatic carbocycles. The van der Waals surface area contributed by atoms with E-state index >= 15 is 0 Å². The molecule has 30 heavy (non-hydrogen) atoms. The van der Waals surface area contributed by atoms with E-state index in [1.165, 1.54) is 41.6 Å². The molecular formula is C25H33N3O2. The molecule has 5 nitrogen and oxygen atoms in total. The summed E-state index contributed by atoms with van der Waals surface area (Å²) in [5.74, 6) is 0.657. The van der Waals surface area contributed by atoms with Gasteiger partial charge in [-0.1, -0.05) is 36.2 Å². The van der Waals surface area contributed by atoms with E-state index in [1.54, 1.807) is 0 Å². The Morgan fingerprint density at radius 1 is 1.07 bits per heavy atom. The minimum atomic E-state index is -0.0709. The third kappa shape index (κ3) is 4.96. The van der Waals surface area contributed by atoms with Gasteiger partial charge in [0.05, 0.1) is 6.04 Å². The van der Waals surface area contributed by atoms with Crippen LogP contribution in [-0.2, 0) is 11.2 Å². The van der Waals surface area contributed by atoms with Gasteiger partial charge in [-0.05, 0) is 68.6 Å². The van der Waals surface area contributed by atoms with Crippen LogP contribution in [0.3, 0.4) is 0 Å². The maximum atomic E-state index is 12.5. The number of carbonyl (C=O) groups is 1. The molecule has 0 saturated carbocycles. The van der Waals surface area contributed by atoms with E-state index in [9.17, 15) is 4.79 Å². The van der Waals surface area contributed by atoms with Gasteiger partial charge in [0.15, 0.2) is 6.61 Å². The second-order valence-electron chi connectivity index (χ2n) is 8.58. The van der Waals surface area contributed by atoms with Crippen LogP contribution in [0.15, 0.2) is 42.5 Å². The first-order valence-corrected chi connectivity index (χ1v) is 11.1. The summed E-state index contributed by atoms with van der Waals surface area (Å²) in [7, 11) is 2.15. The smallest absolute Gasteiger partial charge is 0.258 e. The third-order valence-electron chi connectivity index (χ3n) is 6.33. The van der Waals surface area contributed by atoms with Gasteiger partial charge in [0.1, 0.15) is 5.75 Å². The maximum Gasteiger partial charge on any atom is 0.258 e. The van der Waals surface area contributed by atoms with Crippen molar-refractivity contribution in [3.63, 3.8) is 0 Å². The van der Waals surface area contributed by atoms with E-state index in [2.05, 4.69) is 40.4 Å². The fraction of sp³-hybridized carbons (Fsp3) is 0.480. The zero-order valence-corrected chi connectivity index (χ0v) is 18.2. The van der Waals surface area contributed by atoms with Crippen LogP contribution in [0.5, 0.6) is 5.75 Å². The predicted molar refractivity (Wildman–Crippen MR) is 121 cm³/mol. The summed E-state index contributed by atoms with van der Waals surface area (Å²) in [5.41, 5.74) is 5.25. The van der Waals surface area contributed by atoms with Crippen LogP contribution >= 0.6 is 0 Å². The number of ether oxygens (including phenoxy) is 1. The molecule has 1 atom stereocenters. The van der Waals surface area contributed by atoms with E-state index in [0.717, 1.165) is 31.8 Å². The Kier molecular flexibility index (Phi) is 6.58. The molecule has 1 fully saturated rings. The minimum Gasteiger partial charge on any atom is -0.484 e. The summed E-state index contributed by atoms with van der Waals surface area (Å²) >= 11 is 0. The molecule has 2 aromatic rings. The molecule has 4 rings (SSSR count). The largest absolute Gasteiger partial charge is 0.484 e.